The molecular weight excluding hydrogens is 212 g/mol. The van der Waals surface area contributed by atoms with E-state index in [2.05, 4.69) is 10.2 Å². The van der Waals surface area contributed by atoms with Gasteiger partial charge in [0, 0.05) is 17.4 Å². The van der Waals surface area contributed by atoms with Gasteiger partial charge in [0.15, 0.2) is 11.5 Å². The van der Waals surface area contributed by atoms with Crippen molar-refractivity contribution in [3.63, 3.8) is 0 Å². The van der Waals surface area contributed by atoms with Gasteiger partial charge in [-0.1, -0.05) is 18.2 Å². The highest BCUT2D eigenvalue weighted by Gasteiger charge is 2.07. The first-order valence-corrected chi connectivity index (χ1v) is 5.41. The Morgan fingerprint density at radius 2 is 2.00 bits per heavy atom. The highest BCUT2D eigenvalue weighted by molar-refractivity contribution is 5.63. The van der Waals surface area contributed by atoms with Gasteiger partial charge in [-0.15, -0.1) is 10.2 Å². The number of nitrogens with two attached hydrogens (primary N) is 1. The zero-order chi connectivity index (χ0) is 11.8. The molecule has 84 valence electrons. The Labute approximate surface area is 98.7 Å². The molecule has 2 heterocycles. The minimum atomic E-state index is 0.729. The van der Waals surface area contributed by atoms with Gasteiger partial charge in [0.2, 0.25) is 0 Å². The van der Waals surface area contributed by atoms with Crippen molar-refractivity contribution in [2.45, 2.75) is 6.92 Å². The topological polar surface area (TPSA) is 56.2 Å². The van der Waals surface area contributed by atoms with Gasteiger partial charge in [-0.05, 0) is 30.7 Å². The van der Waals surface area contributed by atoms with Gasteiger partial charge in [0.25, 0.3) is 0 Å². The fraction of sp³-hybridized carbons (Fsp3) is 0.0769. The van der Waals surface area contributed by atoms with E-state index in [-0.39, 0.29) is 0 Å². The molecule has 0 amide bonds. The fourth-order valence-corrected chi connectivity index (χ4v) is 1.87. The minimum Gasteiger partial charge on any atom is -0.399 e. The van der Waals surface area contributed by atoms with Gasteiger partial charge in [-0.2, -0.15) is 0 Å². The SMILES string of the molecule is Cc1ccc2nnc(-c3cccc(N)c3)n2c1. The number of nitrogen functional groups attached to an aromatic ring is 1. The molecule has 0 aliphatic rings. The Bertz CT molecular complexity index is 685. The lowest BCUT2D eigenvalue weighted by Gasteiger charge is -2.01. The van der Waals surface area contributed by atoms with Crippen molar-refractivity contribution in [2.75, 3.05) is 5.73 Å². The molecule has 0 radical (unpaired) electrons. The van der Waals surface area contributed by atoms with Crippen molar-refractivity contribution < 1.29 is 0 Å². The van der Waals surface area contributed by atoms with Gasteiger partial charge in [-0.25, -0.2) is 0 Å². The molecule has 0 unspecified atom stereocenters. The summed E-state index contributed by atoms with van der Waals surface area (Å²) in [5.74, 6) is 0.816. The predicted molar refractivity (Wildman–Crippen MR) is 67.6 cm³/mol. The number of aryl methyl sites for hydroxylation is 1. The van der Waals surface area contributed by atoms with Gasteiger partial charge in [-0.3, -0.25) is 4.40 Å². The van der Waals surface area contributed by atoms with E-state index in [9.17, 15) is 0 Å². The van der Waals surface area contributed by atoms with Crippen molar-refractivity contribution in [1.82, 2.24) is 14.6 Å². The van der Waals surface area contributed by atoms with Crippen LogP contribution < -0.4 is 5.73 Å². The lowest BCUT2D eigenvalue weighted by molar-refractivity contribution is 1.11. The average Bonchev–Trinajstić information content (AvgIpc) is 2.71. The van der Waals surface area contributed by atoms with Crippen LogP contribution in [0, 0.1) is 6.92 Å². The Kier molecular flexibility index (Phi) is 2.08. The molecule has 1 aromatic carbocycles. The van der Waals surface area contributed by atoms with Gasteiger partial charge in [0.05, 0.1) is 0 Å². The maximum Gasteiger partial charge on any atom is 0.168 e. The van der Waals surface area contributed by atoms with E-state index in [4.69, 9.17) is 5.73 Å². The van der Waals surface area contributed by atoms with Crippen molar-refractivity contribution in [3.05, 3.63) is 48.2 Å². The lowest BCUT2D eigenvalue weighted by Crippen LogP contribution is -1.91. The Morgan fingerprint density at radius 1 is 1.12 bits per heavy atom. The number of pyridine rings is 1. The van der Waals surface area contributed by atoms with E-state index in [1.54, 1.807) is 0 Å². The number of fused-ring (bicyclic) bond motifs is 1. The monoisotopic (exact) mass is 224 g/mol. The molecule has 0 aliphatic carbocycles. The predicted octanol–water partition coefficient (Wildman–Crippen LogP) is 2.29. The van der Waals surface area contributed by atoms with Gasteiger partial charge >= 0.3 is 0 Å². The quantitative estimate of drug-likeness (QED) is 0.645. The maximum atomic E-state index is 5.78. The molecular formula is C13H12N4. The third-order valence-corrected chi connectivity index (χ3v) is 2.70. The van der Waals surface area contributed by atoms with Crippen molar-refractivity contribution in [3.8, 4) is 11.4 Å². The standard InChI is InChI=1S/C13H12N4/c1-9-5-6-12-15-16-13(17(12)8-9)10-3-2-4-11(14)7-10/h2-8H,14H2,1H3. The van der Waals surface area contributed by atoms with Crippen LogP contribution in [0.4, 0.5) is 5.69 Å². The molecule has 3 rings (SSSR count). The van der Waals surface area contributed by atoms with Crippen LogP contribution >= 0.6 is 0 Å². The molecule has 2 aromatic heterocycles. The van der Waals surface area contributed by atoms with E-state index in [1.165, 1.54) is 5.56 Å². The van der Waals surface area contributed by atoms with Crippen LogP contribution in [-0.4, -0.2) is 14.6 Å². The zero-order valence-electron chi connectivity index (χ0n) is 9.46. The molecule has 4 heteroatoms. The third-order valence-electron chi connectivity index (χ3n) is 2.70. The minimum absolute atomic E-state index is 0.729. The smallest absolute Gasteiger partial charge is 0.168 e. The molecule has 0 aliphatic heterocycles. The average molecular weight is 224 g/mol. The Hall–Kier alpha value is -2.36. The molecule has 0 spiro atoms. The molecule has 2 N–H and O–H groups in total. The highest BCUT2D eigenvalue weighted by atomic mass is 15.2. The number of aromatic nitrogens is 3. The second-order valence-corrected chi connectivity index (χ2v) is 4.08. The Morgan fingerprint density at radius 3 is 2.82 bits per heavy atom. The van der Waals surface area contributed by atoms with Crippen molar-refractivity contribution >= 4 is 11.3 Å². The van der Waals surface area contributed by atoms with Crippen LogP contribution in [-0.2, 0) is 0 Å². The first-order chi connectivity index (χ1) is 8.24. The van der Waals surface area contributed by atoms with Crippen LogP contribution in [0.25, 0.3) is 17.0 Å². The summed E-state index contributed by atoms with van der Waals surface area (Å²) in [4.78, 5) is 0. The van der Waals surface area contributed by atoms with E-state index in [1.807, 2.05) is 53.9 Å². The summed E-state index contributed by atoms with van der Waals surface area (Å²) in [5, 5.41) is 8.34. The van der Waals surface area contributed by atoms with Crippen LogP contribution in [0.1, 0.15) is 5.56 Å². The second-order valence-electron chi connectivity index (χ2n) is 4.08. The highest BCUT2D eigenvalue weighted by Crippen LogP contribution is 2.20. The number of rotatable bonds is 1. The summed E-state index contributed by atoms with van der Waals surface area (Å²) in [5.41, 5.74) is 9.49. The third kappa shape index (κ3) is 1.63. The molecule has 0 saturated heterocycles. The van der Waals surface area contributed by atoms with Crippen molar-refractivity contribution in [2.24, 2.45) is 0 Å². The van der Waals surface area contributed by atoms with E-state index < -0.39 is 0 Å². The van der Waals surface area contributed by atoms with Crippen molar-refractivity contribution in [1.29, 1.82) is 0 Å². The molecule has 3 aromatic rings. The fourth-order valence-electron chi connectivity index (χ4n) is 1.87. The number of benzene rings is 1. The number of nitrogens with zero attached hydrogens (tertiary/aromatic N) is 3. The van der Waals surface area contributed by atoms with Crippen LogP contribution in [0.15, 0.2) is 42.6 Å². The molecule has 17 heavy (non-hydrogen) atoms. The second kappa shape index (κ2) is 3.59. The normalized spacial score (nSPS) is 10.9. The van der Waals surface area contributed by atoms with Gasteiger partial charge in [0.1, 0.15) is 0 Å². The lowest BCUT2D eigenvalue weighted by atomic mass is 10.2. The Balaban J connectivity index is 2.27. The molecule has 0 saturated carbocycles. The molecule has 0 atom stereocenters. The largest absolute Gasteiger partial charge is 0.399 e. The number of hydrogen-bond acceptors (Lipinski definition) is 3. The van der Waals surface area contributed by atoms with E-state index in [0.29, 0.717) is 0 Å². The summed E-state index contributed by atoms with van der Waals surface area (Å²) in [6.45, 7) is 2.04. The summed E-state index contributed by atoms with van der Waals surface area (Å²) >= 11 is 0. The number of hydrogen-bond donors (Lipinski definition) is 1. The first kappa shape index (κ1) is 9.84. The molecule has 0 fully saturated rings. The maximum absolute atomic E-state index is 5.78. The summed E-state index contributed by atoms with van der Waals surface area (Å²) in [6.07, 6.45) is 2.02. The first-order valence-electron chi connectivity index (χ1n) is 5.41. The molecule has 4 nitrogen and oxygen atoms in total. The summed E-state index contributed by atoms with van der Waals surface area (Å²) in [6, 6.07) is 11.6. The van der Waals surface area contributed by atoms with Gasteiger partial charge < -0.3 is 5.73 Å². The number of anilines is 1. The summed E-state index contributed by atoms with van der Waals surface area (Å²) < 4.78 is 1.98. The van der Waals surface area contributed by atoms with E-state index in [0.717, 1.165) is 22.7 Å². The summed E-state index contributed by atoms with van der Waals surface area (Å²) in [7, 11) is 0. The van der Waals surface area contributed by atoms with Crippen LogP contribution in [0.3, 0.4) is 0 Å². The van der Waals surface area contributed by atoms with E-state index >= 15 is 0 Å². The zero-order valence-corrected chi connectivity index (χ0v) is 9.46. The van der Waals surface area contributed by atoms with Crippen LogP contribution in [0.5, 0.6) is 0 Å². The molecule has 0 bridgehead atoms. The van der Waals surface area contributed by atoms with Crippen LogP contribution in [0.2, 0.25) is 0 Å².